The summed E-state index contributed by atoms with van der Waals surface area (Å²) < 4.78 is 37.8. The van der Waals surface area contributed by atoms with Gasteiger partial charge in [0.2, 0.25) is 5.79 Å². The molecule has 3 fully saturated rings. The minimum Gasteiger partial charge on any atom is -0.456 e. The number of fused-ring (bicyclic) bond motifs is 4. The van der Waals surface area contributed by atoms with Crippen molar-refractivity contribution in [3.8, 4) is 0 Å². The van der Waals surface area contributed by atoms with Crippen LogP contribution < -0.4 is 0 Å². The van der Waals surface area contributed by atoms with Gasteiger partial charge in [0.15, 0.2) is 0 Å². The number of carbonyl (C=O) groups is 4. The van der Waals surface area contributed by atoms with Crippen LogP contribution in [0.5, 0.6) is 0 Å². The quantitative estimate of drug-likeness (QED) is 0.121. The van der Waals surface area contributed by atoms with Crippen molar-refractivity contribution in [1.82, 2.24) is 4.90 Å². The maximum absolute atomic E-state index is 14.6. The minimum atomic E-state index is -2.52. The van der Waals surface area contributed by atoms with Crippen LogP contribution in [0.25, 0.3) is 10.1 Å². The molecule has 3 aliphatic heterocycles. The number of esters is 1. The molecule has 378 valence electrons. The molecule has 0 radical (unpaired) electrons. The number of nitrogens with zero attached hydrogens (tertiary/aromatic N) is 1. The lowest BCUT2D eigenvalue weighted by Crippen LogP contribution is -2.64. The number of hydrogen-bond donors (Lipinski definition) is 3. The molecule has 3 N–H and O–H groups in total. The molecule has 4 aliphatic rings. The molecule has 1 unspecified atom stereocenters. The third kappa shape index (κ3) is 12.6. The number of benzene rings is 1. The molecule has 15 heteroatoms. The number of aliphatic hydroxyl groups is 3. The Bertz CT molecular complexity index is 2070. The number of carbonyl (C=O) groups excluding carboxylic acids is 4. The molecule has 2 aromatic rings. The molecule has 14 nitrogen and oxygen atoms in total. The Kier molecular flexibility index (Phi) is 19.2. The highest BCUT2D eigenvalue weighted by atomic mass is 32.1. The monoisotopic (exact) mass is 968 g/mol. The van der Waals surface area contributed by atoms with E-state index in [1.54, 1.807) is 32.3 Å². The van der Waals surface area contributed by atoms with Crippen LogP contribution in [0.15, 0.2) is 53.6 Å². The van der Waals surface area contributed by atoms with Gasteiger partial charge in [0.05, 0.1) is 37.1 Å². The molecule has 15 atom stereocenters. The molecule has 2 bridgehead atoms. The van der Waals surface area contributed by atoms with Gasteiger partial charge in [-0.15, -0.1) is 11.3 Å². The van der Waals surface area contributed by atoms with E-state index in [0.717, 1.165) is 20.5 Å². The Morgan fingerprint density at radius 2 is 1.65 bits per heavy atom. The van der Waals surface area contributed by atoms with Crippen molar-refractivity contribution in [2.75, 3.05) is 34.5 Å². The van der Waals surface area contributed by atoms with Crippen LogP contribution >= 0.6 is 11.3 Å². The Hall–Kier alpha value is -3.38. The number of piperidine rings is 1. The van der Waals surface area contributed by atoms with E-state index in [1.807, 2.05) is 63.3 Å². The van der Waals surface area contributed by atoms with Gasteiger partial charge in [-0.1, -0.05) is 63.6 Å². The van der Waals surface area contributed by atoms with E-state index in [-0.39, 0.29) is 62.2 Å². The van der Waals surface area contributed by atoms with Crippen LogP contribution in [0.1, 0.15) is 123 Å². The zero-order chi connectivity index (χ0) is 49.4. The molecular formula is C53H77NO13S. The molecular weight excluding hydrogens is 891 g/mol. The van der Waals surface area contributed by atoms with Gasteiger partial charge in [0, 0.05) is 61.6 Å². The van der Waals surface area contributed by atoms with E-state index in [2.05, 4.69) is 6.92 Å². The van der Waals surface area contributed by atoms with Crippen molar-refractivity contribution in [1.29, 1.82) is 0 Å². The summed E-state index contributed by atoms with van der Waals surface area (Å²) in [5, 5.41) is 36.1. The van der Waals surface area contributed by atoms with Gasteiger partial charge in [-0.3, -0.25) is 14.4 Å². The number of cyclic esters (lactones) is 1. The fourth-order valence-electron chi connectivity index (χ4n) is 11.0. The van der Waals surface area contributed by atoms with E-state index >= 15 is 0 Å². The highest BCUT2D eigenvalue weighted by molar-refractivity contribution is 7.19. The lowest BCUT2D eigenvalue weighted by molar-refractivity contribution is -0.302. The number of aliphatic hydroxyl groups excluding tert-OH is 2. The van der Waals surface area contributed by atoms with E-state index in [9.17, 15) is 34.5 Å². The standard InChI is InChI=1S/C53H77NO13S/c1-10-36-22-30(2)21-31(3)23-44(63-8)49-45(64-9)25-33(5)53(61,67-49)50(58)51(59)54-20-14-13-16-38(54)52(60)66-48(34(6)39(55)28-40(36)56)32(4)24-35-18-19-42(43(26-35)62-7)65-29-41(57)47-27-37-15-11-12-17-46(37)68-47/h11-12,15,17,22,24,27,31,33-36,38-39,41-45,48-49,55,57,61H,10,13-14,16,18-21,23,25-26,28-29H2,1-9H3/b30-22+,32-24+/t31-,33+,34+,35-,36+,38-,39-,41-,42+,43+,44?,45-,48+,49+,53+/m0/s1. The van der Waals surface area contributed by atoms with Gasteiger partial charge in [-0.25, -0.2) is 4.79 Å². The normalized spacial score (nSPS) is 36.9. The largest absolute Gasteiger partial charge is 0.456 e. The van der Waals surface area contributed by atoms with Gasteiger partial charge in [-0.05, 0) is 113 Å². The van der Waals surface area contributed by atoms with Crippen LogP contribution in [-0.4, -0.2) is 133 Å². The smallest absolute Gasteiger partial charge is 0.329 e. The SMILES string of the molecule is CC[C@@H]1/C=C(\C)C[C@H](C)CC(OC)[C@H]2O[C@@](O)(C(=O)C(=O)N3CCCC[C@H]3C(=O)O[C@H](/C(C)=C/[C@@H]3CC[C@@H](OC[C@H](O)c4cc5ccccc5s4)[C@H](OC)C3)[C@H](C)[C@@H](O)CC1=O)[C@H](C)C[C@@H]2OC. The zero-order valence-electron chi connectivity index (χ0n) is 41.6. The summed E-state index contributed by atoms with van der Waals surface area (Å²) in [6.45, 7) is 11.4. The van der Waals surface area contributed by atoms with E-state index in [1.165, 1.54) is 19.1 Å². The predicted octanol–water partition coefficient (Wildman–Crippen LogP) is 7.45. The van der Waals surface area contributed by atoms with Gasteiger partial charge in [0.1, 0.15) is 30.1 Å². The van der Waals surface area contributed by atoms with Crippen LogP contribution in [0, 0.1) is 29.6 Å². The number of methoxy groups -OCH3 is 3. The van der Waals surface area contributed by atoms with Crippen LogP contribution in [0.2, 0.25) is 0 Å². The second-order valence-corrected chi connectivity index (χ2v) is 21.3. The summed E-state index contributed by atoms with van der Waals surface area (Å²) in [6, 6.07) is 8.85. The predicted molar refractivity (Wildman–Crippen MR) is 259 cm³/mol. The van der Waals surface area contributed by atoms with Crippen LogP contribution in [-0.2, 0) is 47.6 Å². The maximum atomic E-state index is 14.6. The number of allylic oxidation sites excluding steroid dienone is 3. The first kappa shape index (κ1) is 54.0. The lowest BCUT2D eigenvalue weighted by Gasteiger charge is -2.47. The zero-order valence-corrected chi connectivity index (χ0v) is 42.4. The number of amides is 1. The van der Waals surface area contributed by atoms with Gasteiger partial charge in [0.25, 0.3) is 11.7 Å². The molecule has 6 rings (SSSR count). The van der Waals surface area contributed by atoms with Crippen molar-refractivity contribution in [2.24, 2.45) is 29.6 Å². The highest BCUT2D eigenvalue weighted by Gasteiger charge is 2.56. The Morgan fingerprint density at radius 3 is 2.34 bits per heavy atom. The van der Waals surface area contributed by atoms with E-state index in [0.29, 0.717) is 56.9 Å². The highest BCUT2D eigenvalue weighted by Crippen LogP contribution is 2.40. The van der Waals surface area contributed by atoms with Crippen molar-refractivity contribution in [3.63, 3.8) is 0 Å². The Labute approximate surface area is 406 Å². The average Bonchev–Trinajstić information content (AvgIpc) is 3.78. The molecule has 2 saturated heterocycles. The summed E-state index contributed by atoms with van der Waals surface area (Å²) in [7, 11) is 4.71. The van der Waals surface area contributed by atoms with Crippen molar-refractivity contribution in [3.05, 3.63) is 58.5 Å². The van der Waals surface area contributed by atoms with Crippen LogP contribution in [0.4, 0.5) is 0 Å². The second-order valence-electron chi connectivity index (χ2n) is 20.2. The number of Topliss-reactive ketones (excluding diaryl/α,β-unsaturated/α-hetero) is 2. The first-order valence-corrected chi connectivity index (χ1v) is 25.6. The average molecular weight is 968 g/mol. The number of ketones is 2. The number of rotatable bonds is 10. The molecule has 1 amide bonds. The molecule has 68 heavy (non-hydrogen) atoms. The molecule has 0 spiro atoms. The number of thiophene rings is 1. The Balaban J connectivity index is 1.27. The lowest BCUT2D eigenvalue weighted by atomic mass is 9.81. The summed E-state index contributed by atoms with van der Waals surface area (Å²) in [6.07, 6.45) is 3.38. The van der Waals surface area contributed by atoms with E-state index < -0.39 is 83.9 Å². The van der Waals surface area contributed by atoms with Crippen molar-refractivity contribution in [2.45, 2.75) is 173 Å². The topological polar surface area (TPSA) is 188 Å². The number of hydrogen-bond acceptors (Lipinski definition) is 14. The van der Waals surface area contributed by atoms with Crippen molar-refractivity contribution < 1.29 is 62.9 Å². The Morgan fingerprint density at radius 1 is 0.941 bits per heavy atom. The minimum absolute atomic E-state index is 0.0227. The summed E-state index contributed by atoms with van der Waals surface area (Å²) >= 11 is 1.55. The first-order chi connectivity index (χ1) is 32.4. The van der Waals surface area contributed by atoms with Gasteiger partial charge >= 0.3 is 5.97 Å². The van der Waals surface area contributed by atoms with Gasteiger partial charge < -0.3 is 48.6 Å². The molecule has 1 aromatic carbocycles. The fourth-order valence-corrected chi connectivity index (χ4v) is 12.1. The first-order valence-electron chi connectivity index (χ1n) is 24.8. The summed E-state index contributed by atoms with van der Waals surface area (Å²) in [5.74, 6) is -7.63. The number of ether oxygens (including phenoxy) is 6. The molecule has 4 heterocycles. The molecule has 1 saturated carbocycles. The summed E-state index contributed by atoms with van der Waals surface area (Å²) in [5.41, 5.74) is 1.66. The second kappa shape index (κ2) is 24.2. The molecule has 1 aliphatic carbocycles. The fraction of sp³-hybridized carbons (Fsp3) is 0.698. The summed E-state index contributed by atoms with van der Waals surface area (Å²) in [4.78, 5) is 59.3. The van der Waals surface area contributed by atoms with E-state index in [4.69, 9.17) is 28.4 Å². The maximum Gasteiger partial charge on any atom is 0.329 e. The van der Waals surface area contributed by atoms with Gasteiger partial charge in [-0.2, -0.15) is 0 Å². The van der Waals surface area contributed by atoms with Crippen molar-refractivity contribution >= 4 is 44.9 Å². The third-order valence-electron chi connectivity index (χ3n) is 15.1. The van der Waals surface area contributed by atoms with Crippen LogP contribution in [0.3, 0.4) is 0 Å². The third-order valence-corrected chi connectivity index (χ3v) is 16.3. The molecule has 1 aromatic heterocycles.